The fraction of sp³-hybridized carbons (Fsp3) is 0.688. The topological polar surface area (TPSA) is 46.3 Å². The fourth-order valence-electron chi connectivity index (χ4n) is 2.84. The van der Waals surface area contributed by atoms with Crippen LogP contribution in [0.2, 0.25) is 0 Å². The second-order valence-corrected chi connectivity index (χ2v) is 8.53. The molecule has 0 aromatic carbocycles. The molecule has 1 aliphatic carbocycles. The van der Waals surface area contributed by atoms with Crippen molar-refractivity contribution < 1.29 is 4.79 Å². The maximum atomic E-state index is 12.4. The SMILES string of the molecule is CC(C)C(=O)c1sc(N2CCCSCC2)c(C2CC2)c1N. The van der Waals surface area contributed by atoms with Crippen LogP contribution in [0.4, 0.5) is 10.7 Å². The Morgan fingerprint density at radius 3 is 2.71 bits per heavy atom. The Hall–Kier alpha value is -0.680. The number of nitrogen functional groups attached to an aromatic ring is 1. The first-order valence-electron chi connectivity index (χ1n) is 7.88. The van der Waals surface area contributed by atoms with Crippen molar-refractivity contribution in [1.29, 1.82) is 0 Å². The van der Waals surface area contributed by atoms with Crippen LogP contribution >= 0.6 is 23.1 Å². The molecule has 0 bridgehead atoms. The monoisotopic (exact) mass is 324 g/mol. The number of anilines is 2. The van der Waals surface area contributed by atoms with Gasteiger partial charge in [-0.25, -0.2) is 0 Å². The Balaban J connectivity index is 1.98. The molecule has 2 N–H and O–H groups in total. The minimum absolute atomic E-state index is 0.0190. The summed E-state index contributed by atoms with van der Waals surface area (Å²) in [6.45, 7) is 6.10. The Labute approximate surface area is 135 Å². The molecular formula is C16H24N2OS2. The van der Waals surface area contributed by atoms with Gasteiger partial charge in [-0.2, -0.15) is 11.8 Å². The molecule has 1 aromatic heterocycles. The van der Waals surface area contributed by atoms with Crippen molar-refractivity contribution in [3.05, 3.63) is 10.4 Å². The number of thioether (sulfide) groups is 1. The smallest absolute Gasteiger partial charge is 0.177 e. The van der Waals surface area contributed by atoms with Gasteiger partial charge in [-0.05, 0) is 30.9 Å². The highest BCUT2D eigenvalue weighted by atomic mass is 32.2. The highest BCUT2D eigenvalue weighted by Crippen LogP contribution is 2.52. The first kappa shape index (κ1) is 15.2. The summed E-state index contributed by atoms with van der Waals surface area (Å²) in [5, 5.41) is 1.29. The van der Waals surface area contributed by atoms with E-state index in [4.69, 9.17) is 5.73 Å². The molecule has 21 heavy (non-hydrogen) atoms. The molecule has 0 radical (unpaired) electrons. The number of hydrogen-bond acceptors (Lipinski definition) is 5. The van der Waals surface area contributed by atoms with E-state index in [0.29, 0.717) is 5.92 Å². The summed E-state index contributed by atoms with van der Waals surface area (Å²) >= 11 is 3.68. The van der Waals surface area contributed by atoms with Crippen LogP contribution in [-0.4, -0.2) is 30.4 Å². The Bertz CT molecular complexity index is 527. The fourth-order valence-corrected chi connectivity index (χ4v) is 5.17. The Kier molecular flexibility index (Phi) is 4.50. The van der Waals surface area contributed by atoms with Gasteiger partial charge < -0.3 is 10.6 Å². The van der Waals surface area contributed by atoms with Gasteiger partial charge in [0.15, 0.2) is 5.78 Å². The summed E-state index contributed by atoms with van der Waals surface area (Å²) in [6, 6.07) is 0. The first-order chi connectivity index (χ1) is 10.1. The number of ketones is 1. The number of carbonyl (C=O) groups excluding carboxylic acids is 1. The maximum Gasteiger partial charge on any atom is 0.177 e. The van der Waals surface area contributed by atoms with Gasteiger partial charge in [0.2, 0.25) is 0 Å². The normalized spacial score (nSPS) is 19.9. The Morgan fingerprint density at radius 2 is 2.05 bits per heavy atom. The highest BCUT2D eigenvalue weighted by molar-refractivity contribution is 7.99. The van der Waals surface area contributed by atoms with Crippen LogP contribution in [0.25, 0.3) is 0 Å². The van der Waals surface area contributed by atoms with Crippen molar-refractivity contribution in [2.45, 2.75) is 39.0 Å². The van der Waals surface area contributed by atoms with Gasteiger partial charge in [-0.1, -0.05) is 13.8 Å². The molecule has 1 saturated carbocycles. The van der Waals surface area contributed by atoms with Crippen molar-refractivity contribution in [3.63, 3.8) is 0 Å². The van der Waals surface area contributed by atoms with E-state index in [-0.39, 0.29) is 11.7 Å². The molecule has 1 saturated heterocycles. The second kappa shape index (κ2) is 6.21. The predicted octanol–water partition coefficient (Wildman–Crippen LogP) is 3.99. The van der Waals surface area contributed by atoms with Gasteiger partial charge in [-0.3, -0.25) is 4.79 Å². The van der Waals surface area contributed by atoms with Crippen LogP contribution < -0.4 is 10.6 Å². The predicted molar refractivity (Wildman–Crippen MR) is 94.0 cm³/mol. The second-order valence-electron chi connectivity index (χ2n) is 6.31. The van der Waals surface area contributed by atoms with E-state index in [2.05, 4.69) is 4.90 Å². The Morgan fingerprint density at radius 1 is 1.29 bits per heavy atom. The standard InChI is InChI=1S/C16H24N2OS2/c1-10(2)14(19)15-13(17)12(11-4-5-11)16(21-15)18-6-3-8-20-9-7-18/h10-11H,3-9,17H2,1-2H3. The summed E-state index contributed by atoms with van der Waals surface area (Å²) in [7, 11) is 0. The number of nitrogens with two attached hydrogens (primary N) is 1. The van der Waals surface area contributed by atoms with E-state index in [1.54, 1.807) is 11.3 Å². The van der Waals surface area contributed by atoms with E-state index in [1.807, 2.05) is 25.6 Å². The van der Waals surface area contributed by atoms with Gasteiger partial charge in [0, 0.05) is 30.3 Å². The van der Waals surface area contributed by atoms with Gasteiger partial charge in [0.25, 0.3) is 0 Å². The first-order valence-corrected chi connectivity index (χ1v) is 9.85. The van der Waals surface area contributed by atoms with Crippen molar-refractivity contribution >= 4 is 39.6 Å². The molecular weight excluding hydrogens is 300 g/mol. The molecule has 2 heterocycles. The van der Waals surface area contributed by atoms with Crippen LogP contribution in [0.5, 0.6) is 0 Å². The quantitative estimate of drug-likeness (QED) is 0.851. The van der Waals surface area contributed by atoms with Crippen molar-refractivity contribution in [3.8, 4) is 0 Å². The van der Waals surface area contributed by atoms with E-state index < -0.39 is 0 Å². The van der Waals surface area contributed by atoms with Crippen LogP contribution in [0.15, 0.2) is 0 Å². The molecule has 3 rings (SSSR count). The highest BCUT2D eigenvalue weighted by Gasteiger charge is 2.35. The lowest BCUT2D eigenvalue weighted by Crippen LogP contribution is -2.25. The number of carbonyl (C=O) groups is 1. The van der Waals surface area contributed by atoms with Crippen molar-refractivity contribution in [1.82, 2.24) is 0 Å². The number of thiophene rings is 1. The zero-order valence-corrected chi connectivity index (χ0v) is 14.5. The minimum atomic E-state index is 0.0190. The van der Waals surface area contributed by atoms with Gasteiger partial charge in [0.05, 0.1) is 15.6 Å². The number of Topliss-reactive ketones (excluding diaryl/α,β-unsaturated/α-hetero) is 1. The average Bonchev–Trinajstić information content (AvgIpc) is 3.26. The lowest BCUT2D eigenvalue weighted by atomic mass is 10.0. The molecule has 1 aromatic rings. The van der Waals surface area contributed by atoms with E-state index >= 15 is 0 Å². The maximum absolute atomic E-state index is 12.4. The minimum Gasteiger partial charge on any atom is -0.397 e. The molecule has 0 unspecified atom stereocenters. The van der Waals surface area contributed by atoms with E-state index in [9.17, 15) is 4.79 Å². The molecule has 2 fully saturated rings. The average molecular weight is 325 g/mol. The summed E-state index contributed by atoms with van der Waals surface area (Å²) in [5.74, 6) is 3.24. The third-order valence-corrected chi connectivity index (χ3v) is 6.55. The zero-order chi connectivity index (χ0) is 15.0. The molecule has 0 spiro atoms. The summed E-state index contributed by atoms with van der Waals surface area (Å²) in [6.07, 6.45) is 3.68. The molecule has 0 atom stereocenters. The zero-order valence-electron chi connectivity index (χ0n) is 12.9. The van der Waals surface area contributed by atoms with E-state index in [1.165, 1.54) is 41.3 Å². The molecule has 2 aliphatic rings. The third kappa shape index (κ3) is 3.09. The van der Waals surface area contributed by atoms with Gasteiger partial charge >= 0.3 is 0 Å². The summed E-state index contributed by atoms with van der Waals surface area (Å²) in [5.41, 5.74) is 8.46. The molecule has 0 amide bonds. The van der Waals surface area contributed by atoms with Crippen molar-refractivity contribution in [2.24, 2.45) is 5.92 Å². The third-order valence-electron chi connectivity index (χ3n) is 4.21. The van der Waals surface area contributed by atoms with Crippen molar-refractivity contribution in [2.75, 3.05) is 35.2 Å². The van der Waals surface area contributed by atoms with Crippen LogP contribution in [0, 0.1) is 5.92 Å². The largest absolute Gasteiger partial charge is 0.397 e. The number of nitrogens with zero attached hydrogens (tertiary/aromatic N) is 1. The van der Waals surface area contributed by atoms with Crippen LogP contribution in [0.1, 0.15) is 54.3 Å². The summed E-state index contributed by atoms with van der Waals surface area (Å²) < 4.78 is 0. The van der Waals surface area contributed by atoms with Gasteiger partial charge in [-0.15, -0.1) is 11.3 Å². The van der Waals surface area contributed by atoms with Crippen LogP contribution in [-0.2, 0) is 0 Å². The molecule has 5 heteroatoms. The van der Waals surface area contributed by atoms with Gasteiger partial charge in [0.1, 0.15) is 0 Å². The molecule has 1 aliphatic heterocycles. The summed E-state index contributed by atoms with van der Waals surface area (Å²) in [4.78, 5) is 15.7. The molecule has 3 nitrogen and oxygen atoms in total. The molecule has 116 valence electrons. The lowest BCUT2D eigenvalue weighted by molar-refractivity contribution is 0.0944. The van der Waals surface area contributed by atoms with Crippen LogP contribution in [0.3, 0.4) is 0 Å². The number of hydrogen-bond donors (Lipinski definition) is 1. The lowest BCUT2D eigenvalue weighted by Gasteiger charge is -2.22. The number of rotatable bonds is 4. The van der Waals surface area contributed by atoms with E-state index in [0.717, 1.165) is 23.7 Å².